The van der Waals surface area contributed by atoms with Crippen LogP contribution in [0.3, 0.4) is 0 Å². The van der Waals surface area contributed by atoms with Gasteiger partial charge < -0.3 is 9.47 Å². The number of rotatable bonds is 20. The van der Waals surface area contributed by atoms with Crippen LogP contribution in [0.25, 0.3) is 0 Å². The summed E-state index contributed by atoms with van der Waals surface area (Å²) in [5.74, 6) is 0.706. The number of ether oxygens (including phenoxy) is 2. The Morgan fingerprint density at radius 3 is 1.60 bits per heavy atom. The maximum absolute atomic E-state index is 11.9. The lowest BCUT2D eigenvalue weighted by Crippen LogP contribution is -2.14. The summed E-state index contributed by atoms with van der Waals surface area (Å²) in [7, 11) is 0. The zero-order valence-corrected chi connectivity index (χ0v) is 20.8. The molecule has 0 aliphatic carbocycles. The van der Waals surface area contributed by atoms with Crippen molar-refractivity contribution in [2.75, 3.05) is 13.2 Å². The molecule has 0 rings (SSSR count). The summed E-state index contributed by atoms with van der Waals surface area (Å²) < 4.78 is 10.8. The molecule has 176 valence electrons. The number of thiocarbonyl (C=S) groups is 1. The lowest BCUT2D eigenvalue weighted by molar-refractivity contribution is -0.146. The summed E-state index contributed by atoms with van der Waals surface area (Å²) in [5, 5.41) is 0. The van der Waals surface area contributed by atoms with Gasteiger partial charge in [-0.1, -0.05) is 78.4 Å². The average Bonchev–Trinajstić information content (AvgIpc) is 2.75. The quantitative estimate of drug-likeness (QED) is 0.113. The van der Waals surface area contributed by atoms with Crippen LogP contribution in [0.15, 0.2) is 0 Å². The van der Waals surface area contributed by atoms with Crippen molar-refractivity contribution in [3.05, 3.63) is 0 Å². The van der Waals surface area contributed by atoms with Crippen LogP contribution in [0.5, 0.6) is 0 Å². The first-order chi connectivity index (χ1) is 14.5. The van der Waals surface area contributed by atoms with Crippen LogP contribution < -0.4 is 0 Å². The van der Waals surface area contributed by atoms with Gasteiger partial charge in [0.2, 0.25) is 0 Å². The number of esters is 2. The number of carbonyl (C=O) groups is 2. The fourth-order valence-corrected chi connectivity index (χ4v) is 3.57. The van der Waals surface area contributed by atoms with E-state index in [1.807, 2.05) is 0 Å². The largest absolute Gasteiger partial charge is 0.465 e. The van der Waals surface area contributed by atoms with Gasteiger partial charge in [-0.2, -0.15) is 0 Å². The first-order valence-corrected chi connectivity index (χ1v) is 12.7. The topological polar surface area (TPSA) is 52.6 Å². The maximum atomic E-state index is 11.9. The Hall–Kier alpha value is -0.970. The summed E-state index contributed by atoms with van der Waals surface area (Å²) in [4.78, 5) is 24.7. The van der Waals surface area contributed by atoms with E-state index < -0.39 is 0 Å². The molecular formula is C25H46O4S. The van der Waals surface area contributed by atoms with Crippen molar-refractivity contribution in [2.45, 2.75) is 118 Å². The fraction of sp³-hybridized carbons (Fsp3) is 0.880. The second-order valence-electron chi connectivity index (χ2n) is 8.44. The molecule has 0 heterocycles. The summed E-state index contributed by atoms with van der Waals surface area (Å²) in [5.41, 5.74) is 0. The summed E-state index contributed by atoms with van der Waals surface area (Å²) in [6, 6.07) is 0. The molecule has 30 heavy (non-hydrogen) atoms. The minimum Gasteiger partial charge on any atom is -0.465 e. The molecule has 2 unspecified atom stereocenters. The number of hydrogen-bond donors (Lipinski definition) is 0. The van der Waals surface area contributed by atoms with Crippen LogP contribution >= 0.6 is 12.2 Å². The van der Waals surface area contributed by atoms with E-state index in [2.05, 4.69) is 27.7 Å². The Balaban J connectivity index is 3.79. The highest BCUT2D eigenvalue weighted by Gasteiger charge is 2.12. The van der Waals surface area contributed by atoms with Crippen molar-refractivity contribution in [1.82, 2.24) is 0 Å². The standard InChI is InChI=1S/C25H46O4S/c1-5-9-13-21(7-3)19-28-24(26)16-12-11-15-23(30)17-18-25(27)29-20-22(8-4)14-10-6-2/h21-22H,5-20H2,1-4H3. The molecule has 0 saturated carbocycles. The van der Waals surface area contributed by atoms with E-state index in [9.17, 15) is 9.59 Å². The molecule has 0 aromatic carbocycles. The van der Waals surface area contributed by atoms with Crippen molar-refractivity contribution in [2.24, 2.45) is 11.8 Å². The molecular weight excluding hydrogens is 396 g/mol. The molecule has 0 aliphatic rings. The predicted molar refractivity (Wildman–Crippen MR) is 129 cm³/mol. The second kappa shape index (κ2) is 20.0. The van der Waals surface area contributed by atoms with E-state index >= 15 is 0 Å². The van der Waals surface area contributed by atoms with Crippen LogP contribution in [0.4, 0.5) is 0 Å². The van der Waals surface area contributed by atoms with E-state index in [1.165, 1.54) is 25.7 Å². The van der Waals surface area contributed by atoms with E-state index in [0.29, 0.717) is 44.3 Å². The van der Waals surface area contributed by atoms with Gasteiger partial charge >= 0.3 is 11.9 Å². The lowest BCUT2D eigenvalue weighted by atomic mass is 10.0. The van der Waals surface area contributed by atoms with E-state index in [0.717, 1.165) is 49.8 Å². The van der Waals surface area contributed by atoms with Crippen LogP contribution in [-0.4, -0.2) is 30.0 Å². The number of carbonyl (C=O) groups excluding carboxylic acids is 2. The third-order valence-electron chi connectivity index (χ3n) is 5.74. The Morgan fingerprint density at radius 2 is 1.13 bits per heavy atom. The van der Waals surface area contributed by atoms with Crippen molar-refractivity contribution >= 4 is 29.0 Å². The highest BCUT2D eigenvalue weighted by molar-refractivity contribution is 7.80. The number of hydrogen-bond acceptors (Lipinski definition) is 5. The maximum Gasteiger partial charge on any atom is 0.306 e. The molecule has 0 bridgehead atoms. The van der Waals surface area contributed by atoms with Gasteiger partial charge in [0, 0.05) is 6.42 Å². The van der Waals surface area contributed by atoms with Crippen LogP contribution in [0, 0.1) is 11.8 Å². The molecule has 2 atom stereocenters. The smallest absolute Gasteiger partial charge is 0.306 e. The minimum absolute atomic E-state index is 0.104. The van der Waals surface area contributed by atoms with Gasteiger partial charge in [-0.25, -0.2) is 0 Å². The molecule has 4 nitrogen and oxygen atoms in total. The van der Waals surface area contributed by atoms with Crippen molar-refractivity contribution in [3.8, 4) is 0 Å². The first-order valence-electron chi connectivity index (χ1n) is 12.3. The van der Waals surface area contributed by atoms with Crippen molar-refractivity contribution < 1.29 is 19.1 Å². The van der Waals surface area contributed by atoms with Gasteiger partial charge in [0.05, 0.1) is 19.6 Å². The zero-order chi connectivity index (χ0) is 22.6. The van der Waals surface area contributed by atoms with Gasteiger partial charge in [0.15, 0.2) is 0 Å². The monoisotopic (exact) mass is 442 g/mol. The third-order valence-corrected chi connectivity index (χ3v) is 6.15. The third kappa shape index (κ3) is 16.8. The minimum atomic E-state index is -0.149. The fourth-order valence-electron chi connectivity index (χ4n) is 3.32. The number of unbranched alkanes of at least 4 members (excludes halogenated alkanes) is 3. The Bertz CT molecular complexity index is 464. The molecule has 0 spiro atoms. The lowest BCUT2D eigenvalue weighted by Gasteiger charge is -2.15. The van der Waals surface area contributed by atoms with E-state index in [1.54, 1.807) is 0 Å². The molecule has 0 saturated heterocycles. The van der Waals surface area contributed by atoms with Crippen molar-refractivity contribution in [3.63, 3.8) is 0 Å². The molecule has 0 amide bonds. The second-order valence-corrected chi connectivity index (χ2v) is 9.02. The van der Waals surface area contributed by atoms with Gasteiger partial charge in [-0.15, -0.1) is 0 Å². The molecule has 0 N–H and O–H groups in total. The zero-order valence-electron chi connectivity index (χ0n) is 20.0. The van der Waals surface area contributed by atoms with E-state index in [-0.39, 0.29) is 11.9 Å². The Morgan fingerprint density at radius 1 is 0.667 bits per heavy atom. The Kier molecular flexibility index (Phi) is 19.3. The highest BCUT2D eigenvalue weighted by Crippen LogP contribution is 2.15. The first kappa shape index (κ1) is 29.0. The SMILES string of the molecule is CCCCC(CC)COC(=O)CCCCC(=S)CCC(=O)OCC(CC)CCCC. The molecule has 0 aliphatic heterocycles. The highest BCUT2D eigenvalue weighted by atomic mass is 32.1. The predicted octanol–water partition coefficient (Wildman–Crippen LogP) is 7.22. The van der Waals surface area contributed by atoms with Gasteiger partial charge in [-0.3, -0.25) is 9.59 Å². The average molecular weight is 443 g/mol. The van der Waals surface area contributed by atoms with Crippen LogP contribution in [0.1, 0.15) is 118 Å². The van der Waals surface area contributed by atoms with Crippen molar-refractivity contribution in [1.29, 1.82) is 0 Å². The summed E-state index contributed by atoms with van der Waals surface area (Å²) in [6.45, 7) is 9.74. The molecule has 0 aromatic heterocycles. The molecule has 0 radical (unpaired) electrons. The van der Waals surface area contributed by atoms with E-state index in [4.69, 9.17) is 21.7 Å². The Labute approximate surface area is 190 Å². The summed E-state index contributed by atoms with van der Waals surface area (Å²) >= 11 is 5.39. The van der Waals surface area contributed by atoms with Gasteiger partial charge in [-0.05, 0) is 55.2 Å². The van der Waals surface area contributed by atoms with Gasteiger partial charge in [0.1, 0.15) is 0 Å². The van der Waals surface area contributed by atoms with Gasteiger partial charge in [0.25, 0.3) is 0 Å². The summed E-state index contributed by atoms with van der Waals surface area (Å²) in [6.07, 6.45) is 12.9. The van der Waals surface area contributed by atoms with Crippen LogP contribution in [-0.2, 0) is 19.1 Å². The normalized spacial score (nSPS) is 12.9. The molecule has 0 aromatic rings. The van der Waals surface area contributed by atoms with Crippen LogP contribution in [0.2, 0.25) is 0 Å². The molecule has 0 fully saturated rings. The molecule has 5 heteroatoms.